The fraction of sp³-hybridized carbons (Fsp3) is 0.214. The van der Waals surface area contributed by atoms with E-state index in [1.807, 2.05) is 72.8 Å². The molecule has 2 unspecified atom stereocenters. The molecule has 2 atom stereocenters. The Kier molecular flexibility index (Phi) is 5.26. The molecule has 6 heteroatoms. The average Bonchev–Trinajstić information content (AvgIpc) is 3.63. The Morgan fingerprint density at radius 3 is 2.71 bits per heavy atom. The third kappa shape index (κ3) is 3.81. The van der Waals surface area contributed by atoms with Crippen LogP contribution in [0.5, 0.6) is 5.75 Å². The molecule has 2 aliphatic rings. The second-order valence-corrected chi connectivity index (χ2v) is 8.67. The van der Waals surface area contributed by atoms with Crippen LogP contribution in [0.4, 0.5) is 0 Å². The third-order valence-electron chi connectivity index (χ3n) is 6.53. The quantitative estimate of drug-likeness (QED) is 0.360. The van der Waals surface area contributed by atoms with Crippen molar-refractivity contribution in [1.82, 2.24) is 5.01 Å². The number of carbonyl (C=O) groups excluding carboxylic acids is 1. The summed E-state index contributed by atoms with van der Waals surface area (Å²) in [5, 5.41) is 8.58. The molecule has 1 aliphatic heterocycles. The second kappa shape index (κ2) is 8.71. The predicted octanol–water partition coefficient (Wildman–Crippen LogP) is 6.23. The molecular weight excluding hydrogens is 428 g/mol. The number of benzene rings is 2. The maximum Gasteiger partial charge on any atom is 0.281 e. The molecule has 0 radical (unpaired) electrons. The Hall–Kier alpha value is -4.06. The summed E-state index contributed by atoms with van der Waals surface area (Å²) in [5.74, 6) is 2.06. The van der Waals surface area contributed by atoms with E-state index in [1.54, 1.807) is 17.5 Å². The predicted molar refractivity (Wildman–Crippen MR) is 129 cm³/mol. The van der Waals surface area contributed by atoms with Gasteiger partial charge in [0.2, 0.25) is 0 Å². The van der Waals surface area contributed by atoms with Crippen LogP contribution < -0.4 is 4.74 Å². The van der Waals surface area contributed by atoms with Gasteiger partial charge < -0.3 is 13.6 Å². The van der Waals surface area contributed by atoms with Crippen LogP contribution in [-0.4, -0.2) is 23.2 Å². The lowest BCUT2D eigenvalue weighted by atomic mass is 9.79. The molecule has 4 aromatic rings. The summed E-state index contributed by atoms with van der Waals surface area (Å²) in [7, 11) is 0. The maximum atomic E-state index is 13.4. The van der Waals surface area contributed by atoms with Crippen LogP contribution in [0.2, 0.25) is 0 Å². The van der Waals surface area contributed by atoms with E-state index in [-0.39, 0.29) is 24.5 Å². The van der Waals surface area contributed by atoms with Crippen molar-refractivity contribution < 1.29 is 18.4 Å². The van der Waals surface area contributed by atoms with Gasteiger partial charge in [-0.05, 0) is 78.1 Å². The van der Waals surface area contributed by atoms with Crippen LogP contribution >= 0.6 is 0 Å². The van der Waals surface area contributed by atoms with Gasteiger partial charge in [-0.1, -0.05) is 30.3 Å². The Morgan fingerprint density at radius 2 is 1.88 bits per heavy atom. The summed E-state index contributed by atoms with van der Waals surface area (Å²) >= 11 is 0. The second-order valence-electron chi connectivity index (χ2n) is 8.67. The smallest absolute Gasteiger partial charge is 0.281 e. The maximum absolute atomic E-state index is 13.4. The molecule has 3 heterocycles. The Labute approximate surface area is 197 Å². The number of furan rings is 2. The first-order valence-corrected chi connectivity index (χ1v) is 11.6. The number of nitrogens with zero attached hydrogens (tertiary/aromatic N) is 2. The van der Waals surface area contributed by atoms with Crippen LogP contribution in [0, 0.1) is 5.92 Å². The molecule has 170 valence electrons. The van der Waals surface area contributed by atoms with Crippen molar-refractivity contribution >= 4 is 28.5 Å². The average molecular weight is 453 g/mol. The van der Waals surface area contributed by atoms with Crippen molar-refractivity contribution in [2.75, 3.05) is 6.61 Å². The van der Waals surface area contributed by atoms with Gasteiger partial charge in [-0.2, -0.15) is 5.10 Å². The van der Waals surface area contributed by atoms with Gasteiger partial charge in [0.15, 0.2) is 6.61 Å². The van der Waals surface area contributed by atoms with Gasteiger partial charge >= 0.3 is 0 Å². The molecule has 2 aromatic carbocycles. The van der Waals surface area contributed by atoms with Crippen LogP contribution in [-0.2, 0) is 4.79 Å². The minimum absolute atomic E-state index is 0.0748. The Morgan fingerprint density at radius 1 is 1.03 bits per heavy atom. The highest BCUT2D eigenvalue weighted by Gasteiger charge is 2.45. The summed E-state index contributed by atoms with van der Waals surface area (Å²) in [6.07, 6.45) is 8.19. The van der Waals surface area contributed by atoms with Crippen molar-refractivity contribution in [2.24, 2.45) is 11.0 Å². The van der Waals surface area contributed by atoms with Gasteiger partial charge in [-0.15, -0.1) is 0 Å². The molecule has 2 aromatic heterocycles. The summed E-state index contributed by atoms with van der Waals surface area (Å²) in [6, 6.07) is 21.2. The first kappa shape index (κ1) is 20.5. The molecular formula is C28H24N2O4. The van der Waals surface area contributed by atoms with Crippen LogP contribution in [0.15, 0.2) is 98.8 Å². The number of hydrogen-bond acceptors (Lipinski definition) is 5. The molecule has 6 rings (SSSR count). The minimum atomic E-state index is -0.280. The van der Waals surface area contributed by atoms with E-state index >= 15 is 0 Å². The van der Waals surface area contributed by atoms with E-state index in [4.69, 9.17) is 18.7 Å². The van der Waals surface area contributed by atoms with Gasteiger partial charge in [-0.3, -0.25) is 4.79 Å². The monoisotopic (exact) mass is 452 g/mol. The number of allylic oxidation sites excluding steroid dienone is 1. The van der Waals surface area contributed by atoms with Crippen LogP contribution in [0.1, 0.15) is 36.8 Å². The van der Waals surface area contributed by atoms with Gasteiger partial charge in [0.05, 0.1) is 18.2 Å². The van der Waals surface area contributed by atoms with Crippen LogP contribution in [0.3, 0.4) is 0 Å². The van der Waals surface area contributed by atoms with Crippen LogP contribution in [0.25, 0.3) is 16.8 Å². The van der Waals surface area contributed by atoms with Gasteiger partial charge in [0, 0.05) is 5.92 Å². The van der Waals surface area contributed by atoms with Crippen molar-refractivity contribution in [1.29, 1.82) is 0 Å². The number of hydrazone groups is 1. The molecule has 0 bridgehead atoms. The van der Waals surface area contributed by atoms with E-state index in [0.29, 0.717) is 5.75 Å². The molecule has 0 N–H and O–H groups in total. The Bertz CT molecular complexity index is 1370. The van der Waals surface area contributed by atoms with E-state index in [2.05, 4.69) is 0 Å². The van der Waals surface area contributed by atoms with Gasteiger partial charge in [0.25, 0.3) is 5.91 Å². The molecule has 1 aliphatic carbocycles. The molecule has 0 spiro atoms. The molecule has 34 heavy (non-hydrogen) atoms. The number of ether oxygens (including phenoxy) is 1. The number of fused-ring (bicyclic) bond motifs is 2. The highest BCUT2D eigenvalue weighted by atomic mass is 16.5. The first-order valence-electron chi connectivity index (χ1n) is 11.6. The van der Waals surface area contributed by atoms with E-state index in [9.17, 15) is 4.79 Å². The topological polar surface area (TPSA) is 68.2 Å². The fourth-order valence-corrected chi connectivity index (χ4v) is 4.96. The summed E-state index contributed by atoms with van der Waals surface area (Å²) in [6.45, 7) is -0.101. The lowest BCUT2D eigenvalue weighted by molar-refractivity contribution is -0.136. The first-order chi connectivity index (χ1) is 16.8. The van der Waals surface area contributed by atoms with E-state index in [0.717, 1.165) is 52.8 Å². The number of hydrogen-bond donors (Lipinski definition) is 0. The lowest BCUT2D eigenvalue weighted by Gasteiger charge is -2.27. The van der Waals surface area contributed by atoms with Crippen molar-refractivity contribution in [2.45, 2.75) is 25.3 Å². The molecule has 1 saturated carbocycles. The largest absolute Gasteiger partial charge is 0.484 e. The highest BCUT2D eigenvalue weighted by Crippen LogP contribution is 2.44. The molecule has 0 saturated heterocycles. The van der Waals surface area contributed by atoms with E-state index < -0.39 is 0 Å². The normalized spacial score (nSPS) is 21.0. The summed E-state index contributed by atoms with van der Waals surface area (Å²) < 4.78 is 17.2. The van der Waals surface area contributed by atoms with Crippen molar-refractivity contribution in [3.05, 3.63) is 96.3 Å². The van der Waals surface area contributed by atoms with Crippen molar-refractivity contribution in [3.8, 4) is 5.75 Å². The lowest BCUT2D eigenvalue weighted by Crippen LogP contribution is -2.34. The fourth-order valence-electron chi connectivity index (χ4n) is 4.96. The number of rotatable bonds is 5. The molecule has 1 fully saturated rings. The number of carbonyl (C=O) groups is 1. The van der Waals surface area contributed by atoms with Gasteiger partial charge in [-0.25, -0.2) is 5.01 Å². The third-order valence-corrected chi connectivity index (χ3v) is 6.53. The van der Waals surface area contributed by atoms with Gasteiger partial charge in [0.1, 0.15) is 23.3 Å². The zero-order valence-electron chi connectivity index (χ0n) is 18.6. The summed E-state index contributed by atoms with van der Waals surface area (Å²) in [5.41, 5.74) is 2.04. The minimum Gasteiger partial charge on any atom is -0.484 e. The zero-order valence-corrected chi connectivity index (χ0v) is 18.6. The Balaban J connectivity index is 1.28. The summed E-state index contributed by atoms with van der Waals surface area (Å²) in [4.78, 5) is 13.4. The zero-order chi connectivity index (χ0) is 22.9. The SMILES string of the molecule is O=C(COc1ccc2ccccc2c1)N1N=C2C(=Cc3ccco3)CCCC2C1c1ccco1. The number of amides is 1. The highest BCUT2D eigenvalue weighted by molar-refractivity contribution is 6.08. The molecule has 1 amide bonds. The standard InChI is InChI=1S/C28H24N2O4/c31-26(18-34-23-13-12-19-6-1-2-7-20(19)16-23)30-28(25-11-5-15-33-25)24-10-3-8-21(27(24)29-30)17-22-9-4-14-32-22/h1-2,4-7,9,11-17,24,28H,3,8,10,18H2. The van der Waals surface area contributed by atoms with E-state index in [1.165, 1.54) is 0 Å². The van der Waals surface area contributed by atoms with Crippen molar-refractivity contribution in [3.63, 3.8) is 0 Å². The molecule has 6 nitrogen and oxygen atoms in total.